The Morgan fingerprint density at radius 3 is 3.07 bits per heavy atom. The van der Waals surface area contributed by atoms with Gasteiger partial charge in [0, 0.05) is 18.5 Å². The number of hydrogen-bond acceptors (Lipinski definition) is 3. The quantitative estimate of drug-likeness (QED) is 0.800. The summed E-state index contributed by atoms with van der Waals surface area (Å²) in [6.07, 6.45) is 3.79. The fourth-order valence-electron chi connectivity index (χ4n) is 2.22. The number of nitrogens with two attached hydrogens (primary N) is 1. The minimum Gasteiger partial charge on any atom is -0.469 e. The summed E-state index contributed by atoms with van der Waals surface area (Å²) >= 11 is 0. The van der Waals surface area contributed by atoms with Gasteiger partial charge in [-0.05, 0) is 26.3 Å². The van der Waals surface area contributed by atoms with Crippen molar-refractivity contribution < 1.29 is 9.15 Å². The smallest absolute Gasteiger partial charge is 0.110 e. The molecule has 1 aliphatic carbocycles. The van der Waals surface area contributed by atoms with Crippen molar-refractivity contribution in [1.29, 1.82) is 0 Å². The highest BCUT2D eigenvalue weighted by molar-refractivity contribution is 5.31. The van der Waals surface area contributed by atoms with Crippen molar-refractivity contribution >= 4 is 0 Å². The largest absolute Gasteiger partial charge is 0.469 e. The Morgan fingerprint density at radius 1 is 1.64 bits per heavy atom. The lowest BCUT2D eigenvalue weighted by Crippen LogP contribution is -2.37. The van der Waals surface area contributed by atoms with Crippen LogP contribution in [0.5, 0.6) is 0 Å². The minimum atomic E-state index is -0.295. The monoisotopic (exact) mass is 195 g/mol. The minimum absolute atomic E-state index is 0.194. The van der Waals surface area contributed by atoms with E-state index in [1.165, 1.54) is 0 Å². The van der Waals surface area contributed by atoms with Gasteiger partial charge in [-0.15, -0.1) is 0 Å². The summed E-state index contributed by atoms with van der Waals surface area (Å²) in [5.41, 5.74) is 6.68. The molecular weight excluding hydrogens is 178 g/mol. The van der Waals surface area contributed by atoms with E-state index in [2.05, 4.69) is 0 Å². The van der Waals surface area contributed by atoms with E-state index in [1.54, 1.807) is 6.26 Å². The van der Waals surface area contributed by atoms with Crippen molar-refractivity contribution in [3.63, 3.8) is 0 Å². The second-order valence-corrected chi connectivity index (χ2v) is 4.12. The van der Waals surface area contributed by atoms with Crippen LogP contribution in [0.1, 0.15) is 31.6 Å². The van der Waals surface area contributed by atoms with E-state index in [-0.39, 0.29) is 11.7 Å². The first-order valence-electron chi connectivity index (χ1n) is 5.13. The zero-order valence-electron chi connectivity index (χ0n) is 8.75. The van der Waals surface area contributed by atoms with Crippen LogP contribution in [0.4, 0.5) is 0 Å². The Kier molecular flexibility index (Phi) is 2.37. The van der Waals surface area contributed by atoms with Gasteiger partial charge in [-0.3, -0.25) is 0 Å². The maximum absolute atomic E-state index is 5.95. The Morgan fingerprint density at radius 2 is 2.43 bits per heavy atom. The van der Waals surface area contributed by atoms with Gasteiger partial charge < -0.3 is 14.9 Å². The van der Waals surface area contributed by atoms with E-state index in [1.807, 2.05) is 19.9 Å². The molecule has 1 atom stereocenters. The third kappa shape index (κ3) is 1.37. The van der Waals surface area contributed by atoms with Crippen LogP contribution >= 0.6 is 0 Å². The molecule has 0 fully saturated rings. The molecule has 0 saturated carbocycles. The molecule has 2 rings (SSSR count). The summed E-state index contributed by atoms with van der Waals surface area (Å²) in [7, 11) is 0. The molecule has 2 N–H and O–H groups in total. The summed E-state index contributed by atoms with van der Waals surface area (Å²) < 4.78 is 11.3. The molecule has 0 aromatic carbocycles. The second kappa shape index (κ2) is 3.41. The zero-order valence-corrected chi connectivity index (χ0v) is 8.75. The highest BCUT2D eigenvalue weighted by atomic mass is 16.5. The van der Waals surface area contributed by atoms with Crippen LogP contribution in [0.15, 0.2) is 16.7 Å². The molecule has 1 aromatic heterocycles. The van der Waals surface area contributed by atoms with E-state index in [0.717, 1.165) is 24.2 Å². The maximum atomic E-state index is 5.95. The Balaban J connectivity index is 2.31. The first kappa shape index (κ1) is 9.74. The Labute approximate surface area is 84.2 Å². The van der Waals surface area contributed by atoms with Crippen LogP contribution in [0, 0.1) is 0 Å². The third-order valence-corrected chi connectivity index (χ3v) is 2.78. The summed E-state index contributed by atoms with van der Waals surface area (Å²) in [6.45, 7) is 4.60. The van der Waals surface area contributed by atoms with Gasteiger partial charge in [-0.25, -0.2) is 0 Å². The van der Waals surface area contributed by atoms with Gasteiger partial charge in [0.2, 0.25) is 0 Å². The van der Waals surface area contributed by atoms with E-state index in [4.69, 9.17) is 14.9 Å². The number of aryl methyl sites for hydroxylation is 1. The predicted octanol–water partition coefficient (Wildman–Crippen LogP) is 1.80. The van der Waals surface area contributed by atoms with Crippen LogP contribution in [-0.4, -0.2) is 12.6 Å². The molecule has 0 aliphatic heterocycles. The van der Waals surface area contributed by atoms with Gasteiger partial charge in [0.05, 0.1) is 12.4 Å². The molecule has 3 nitrogen and oxygen atoms in total. The highest BCUT2D eigenvalue weighted by Crippen LogP contribution is 2.40. The topological polar surface area (TPSA) is 48.4 Å². The number of fused-ring (bicyclic) bond motifs is 1. The zero-order chi connectivity index (χ0) is 10.2. The maximum Gasteiger partial charge on any atom is 0.110 e. The van der Waals surface area contributed by atoms with E-state index in [0.29, 0.717) is 6.54 Å². The lowest BCUT2D eigenvalue weighted by Gasteiger charge is -2.30. The number of ether oxygens (including phenoxy) is 1. The summed E-state index contributed by atoms with van der Waals surface area (Å²) in [4.78, 5) is 0. The molecule has 1 aromatic rings. The Bertz CT molecular complexity index is 319. The van der Waals surface area contributed by atoms with Gasteiger partial charge >= 0.3 is 0 Å². The van der Waals surface area contributed by atoms with E-state index in [9.17, 15) is 0 Å². The summed E-state index contributed by atoms with van der Waals surface area (Å²) in [6, 6.07) is 1.98. The van der Waals surface area contributed by atoms with Crippen molar-refractivity contribution in [2.45, 2.75) is 38.4 Å². The SMILES string of the molecule is CC(C)OC1(CN)CCc2occc21. The van der Waals surface area contributed by atoms with Gasteiger partial charge in [0.15, 0.2) is 0 Å². The van der Waals surface area contributed by atoms with Crippen molar-refractivity contribution in [3.8, 4) is 0 Å². The lowest BCUT2D eigenvalue weighted by molar-refractivity contribution is -0.0779. The van der Waals surface area contributed by atoms with E-state index >= 15 is 0 Å². The van der Waals surface area contributed by atoms with Crippen molar-refractivity contribution in [2.24, 2.45) is 5.73 Å². The normalized spacial score (nSPS) is 25.7. The molecule has 14 heavy (non-hydrogen) atoms. The second-order valence-electron chi connectivity index (χ2n) is 4.12. The van der Waals surface area contributed by atoms with Crippen LogP contribution in [0.25, 0.3) is 0 Å². The van der Waals surface area contributed by atoms with Crippen LogP contribution < -0.4 is 5.73 Å². The van der Waals surface area contributed by atoms with Gasteiger partial charge in [-0.1, -0.05) is 0 Å². The molecule has 0 spiro atoms. The first-order chi connectivity index (χ1) is 6.68. The van der Waals surface area contributed by atoms with Crippen molar-refractivity contribution in [1.82, 2.24) is 0 Å². The van der Waals surface area contributed by atoms with Crippen molar-refractivity contribution in [2.75, 3.05) is 6.54 Å². The average molecular weight is 195 g/mol. The van der Waals surface area contributed by atoms with Crippen molar-refractivity contribution in [3.05, 3.63) is 23.7 Å². The van der Waals surface area contributed by atoms with E-state index < -0.39 is 0 Å². The van der Waals surface area contributed by atoms with Gasteiger partial charge in [0.1, 0.15) is 11.4 Å². The highest BCUT2D eigenvalue weighted by Gasteiger charge is 2.41. The molecule has 3 heteroatoms. The molecule has 78 valence electrons. The predicted molar refractivity (Wildman–Crippen MR) is 54.0 cm³/mol. The van der Waals surface area contributed by atoms with Gasteiger partial charge in [0.25, 0.3) is 0 Å². The molecular formula is C11H17NO2. The average Bonchev–Trinajstić information content (AvgIpc) is 2.68. The van der Waals surface area contributed by atoms with Crippen LogP contribution in [0.2, 0.25) is 0 Å². The molecule has 0 bridgehead atoms. The molecule has 1 unspecified atom stereocenters. The Hall–Kier alpha value is -0.800. The fraction of sp³-hybridized carbons (Fsp3) is 0.636. The summed E-state index contributed by atoms with van der Waals surface area (Å²) in [5.74, 6) is 1.04. The van der Waals surface area contributed by atoms with Crippen LogP contribution in [0.3, 0.4) is 0 Å². The summed E-state index contributed by atoms with van der Waals surface area (Å²) in [5, 5.41) is 0. The molecule has 0 radical (unpaired) electrons. The lowest BCUT2D eigenvalue weighted by atomic mass is 9.97. The standard InChI is InChI=1S/C11H17NO2/c1-8(2)14-11(7-12)5-3-10-9(11)4-6-13-10/h4,6,8H,3,5,7,12H2,1-2H3. The fourth-order valence-corrected chi connectivity index (χ4v) is 2.22. The number of hydrogen-bond donors (Lipinski definition) is 1. The molecule has 1 aliphatic rings. The third-order valence-electron chi connectivity index (χ3n) is 2.78. The van der Waals surface area contributed by atoms with Gasteiger partial charge in [-0.2, -0.15) is 0 Å². The number of furan rings is 1. The molecule has 1 heterocycles. The van der Waals surface area contributed by atoms with Crippen LogP contribution in [-0.2, 0) is 16.8 Å². The molecule has 0 amide bonds. The first-order valence-corrected chi connectivity index (χ1v) is 5.13. The number of rotatable bonds is 3. The molecule has 0 saturated heterocycles.